The fraction of sp³-hybridized carbons (Fsp3) is 0.400. The Labute approximate surface area is 119 Å². The Balaban J connectivity index is 2.25. The largest absolute Gasteiger partial charge is 0.492 e. The second-order valence-electron chi connectivity index (χ2n) is 4.43. The van der Waals surface area contributed by atoms with E-state index in [4.69, 9.17) is 4.74 Å². The number of nitrogens with zero attached hydrogens (tertiary/aromatic N) is 3. The smallest absolute Gasteiger partial charge is 0.137 e. The van der Waals surface area contributed by atoms with E-state index >= 15 is 0 Å². The summed E-state index contributed by atoms with van der Waals surface area (Å²) in [6.07, 6.45) is 7.87. The van der Waals surface area contributed by atoms with Crippen LogP contribution in [0.4, 0.5) is 0 Å². The molecule has 1 unspecified atom stereocenters. The van der Waals surface area contributed by atoms with Gasteiger partial charge in [0.25, 0.3) is 0 Å². The zero-order valence-corrected chi connectivity index (χ0v) is 11.9. The molecule has 2 rings (SSSR count). The van der Waals surface area contributed by atoms with Gasteiger partial charge in [-0.25, -0.2) is 9.97 Å². The molecule has 0 aliphatic heterocycles. The lowest BCUT2D eigenvalue weighted by Crippen LogP contribution is -2.23. The minimum atomic E-state index is 0.000626. The molecule has 1 N–H and O–H groups in total. The predicted octanol–water partition coefficient (Wildman–Crippen LogP) is 2.36. The van der Waals surface area contributed by atoms with Crippen molar-refractivity contribution >= 4 is 0 Å². The van der Waals surface area contributed by atoms with Gasteiger partial charge in [-0.3, -0.25) is 4.98 Å². The van der Waals surface area contributed by atoms with Gasteiger partial charge in [0.05, 0.1) is 24.5 Å². The lowest BCUT2D eigenvalue weighted by molar-refractivity contribution is 0.315. The lowest BCUT2D eigenvalue weighted by Gasteiger charge is -2.18. The van der Waals surface area contributed by atoms with Crippen LogP contribution in [0.25, 0.3) is 0 Å². The van der Waals surface area contributed by atoms with E-state index in [0.29, 0.717) is 6.61 Å². The van der Waals surface area contributed by atoms with Gasteiger partial charge in [0.15, 0.2) is 0 Å². The Hall–Kier alpha value is -2.01. The molecule has 1 atom stereocenters. The number of aromatic nitrogens is 3. The fourth-order valence-electron chi connectivity index (χ4n) is 1.96. The SMILES string of the molecule is CCCOc1cncc(C(NCC)c2ccncn2)c1. The van der Waals surface area contributed by atoms with E-state index in [1.54, 1.807) is 18.7 Å². The van der Waals surface area contributed by atoms with Crippen molar-refractivity contribution in [2.45, 2.75) is 26.3 Å². The van der Waals surface area contributed by atoms with Crippen LogP contribution in [0.1, 0.15) is 37.6 Å². The minimum absolute atomic E-state index is 0.000626. The Kier molecular flexibility index (Phi) is 5.43. The van der Waals surface area contributed by atoms with Crippen molar-refractivity contribution < 1.29 is 4.74 Å². The first kappa shape index (κ1) is 14.4. The highest BCUT2D eigenvalue weighted by molar-refractivity contribution is 5.30. The van der Waals surface area contributed by atoms with E-state index in [0.717, 1.165) is 30.0 Å². The molecule has 0 radical (unpaired) electrons. The zero-order valence-electron chi connectivity index (χ0n) is 11.9. The van der Waals surface area contributed by atoms with Crippen molar-refractivity contribution in [1.82, 2.24) is 20.3 Å². The van der Waals surface area contributed by atoms with E-state index in [9.17, 15) is 0 Å². The van der Waals surface area contributed by atoms with Crippen molar-refractivity contribution in [3.63, 3.8) is 0 Å². The third kappa shape index (κ3) is 3.74. The standard InChI is InChI=1S/C15H20N4O/c1-3-7-20-13-8-12(9-17-10-13)15(18-4-2)14-5-6-16-11-19-14/h5-6,8-11,15,18H,3-4,7H2,1-2H3. The highest BCUT2D eigenvalue weighted by Crippen LogP contribution is 2.22. The van der Waals surface area contributed by atoms with Gasteiger partial charge in [-0.15, -0.1) is 0 Å². The molecule has 0 aliphatic carbocycles. The van der Waals surface area contributed by atoms with Crippen molar-refractivity contribution in [2.24, 2.45) is 0 Å². The number of ether oxygens (including phenoxy) is 1. The van der Waals surface area contributed by atoms with E-state index in [-0.39, 0.29) is 6.04 Å². The summed E-state index contributed by atoms with van der Waals surface area (Å²) in [7, 11) is 0. The number of nitrogens with one attached hydrogen (secondary N) is 1. The molecule has 2 aromatic rings. The summed E-state index contributed by atoms with van der Waals surface area (Å²) in [5.74, 6) is 0.793. The van der Waals surface area contributed by atoms with Crippen LogP contribution in [-0.4, -0.2) is 28.1 Å². The maximum Gasteiger partial charge on any atom is 0.137 e. The molecular formula is C15H20N4O. The summed E-state index contributed by atoms with van der Waals surface area (Å²) in [6, 6.07) is 3.92. The van der Waals surface area contributed by atoms with Crippen LogP contribution in [0.3, 0.4) is 0 Å². The summed E-state index contributed by atoms with van der Waals surface area (Å²) in [5.41, 5.74) is 1.97. The molecule has 5 nitrogen and oxygen atoms in total. The van der Waals surface area contributed by atoms with Crippen LogP contribution in [0, 0.1) is 0 Å². The van der Waals surface area contributed by atoms with Crippen LogP contribution in [0.15, 0.2) is 37.1 Å². The van der Waals surface area contributed by atoms with Gasteiger partial charge in [0, 0.05) is 12.4 Å². The molecule has 0 saturated heterocycles. The molecule has 2 heterocycles. The molecule has 0 fully saturated rings. The zero-order chi connectivity index (χ0) is 14.2. The highest BCUT2D eigenvalue weighted by Gasteiger charge is 2.15. The van der Waals surface area contributed by atoms with Crippen LogP contribution >= 0.6 is 0 Å². The van der Waals surface area contributed by atoms with Crippen LogP contribution < -0.4 is 10.1 Å². The summed E-state index contributed by atoms with van der Waals surface area (Å²) < 4.78 is 5.64. The highest BCUT2D eigenvalue weighted by atomic mass is 16.5. The predicted molar refractivity (Wildman–Crippen MR) is 77.6 cm³/mol. The molecule has 20 heavy (non-hydrogen) atoms. The quantitative estimate of drug-likeness (QED) is 0.838. The van der Waals surface area contributed by atoms with E-state index < -0.39 is 0 Å². The molecule has 0 amide bonds. The van der Waals surface area contributed by atoms with E-state index in [1.807, 2.05) is 18.3 Å². The maximum atomic E-state index is 5.64. The summed E-state index contributed by atoms with van der Waals surface area (Å²) in [6.45, 7) is 5.69. The molecule has 0 aromatic carbocycles. The molecule has 5 heteroatoms. The summed E-state index contributed by atoms with van der Waals surface area (Å²) >= 11 is 0. The number of pyridine rings is 1. The van der Waals surface area contributed by atoms with Gasteiger partial charge in [0.1, 0.15) is 12.1 Å². The molecule has 0 aliphatic rings. The average molecular weight is 272 g/mol. The number of hydrogen-bond acceptors (Lipinski definition) is 5. The van der Waals surface area contributed by atoms with Gasteiger partial charge >= 0.3 is 0 Å². The Morgan fingerprint density at radius 2 is 2.15 bits per heavy atom. The number of hydrogen-bond donors (Lipinski definition) is 1. The third-order valence-corrected chi connectivity index (χ3v) is 2.85. The molecule has 2 aromatic heterocycles. The van der Waals surface area contributed by atoms with E-state index in [1.165, 1.54) is 0 Å². The van der Waals surface area contributed by atoms with Gasteiger partial charge < -0.3 is 10.1 Å². The minimum Gasteiger partial charge on any atom is -0.492 e. The Morgan fingerprint density at radius 3 is 2.85 bits per heavy atom. The normalized spacial score (nSPS) is 12.1. The van der Waals surface area contributed by atoms with Gasteiger partial charge in [-0.2, -0.15) is 0 Å². The summed E-state index contributed by atoms with van der Waals surface area (Å²) in [5, 5.41) is 3.41. The van der Waals surface area contributed by atoms with Crippen molar-refractivity contribution in [3.8, 4) is 5.75 Å². The van der Waals surface area contributed by atoms with Crippen molar-refractivity contribution in [2.75, 3.05) is 13.2 Å². The molecular weight excluding hydrogens is 252 g/mol. The monoisotopic (exact) mass is 272 g/mol. The van der Waals surface area contributed by atoms with Crippen LogP contribution in [0.5, 0.6) is 5.75 Å². The average Bonchev–Trinajstić information content (AvgIpc) is 2.52. The Morgan fingerprint density at radius 1 is 1.25 bits per heavy atom. The molecule has 106 valence electrons. The first-order chi connectivity index (χ1) is 9.85. The molecule has 0 saturated carbocycles. The van der Waals surface area contributed by atoms with Gasteiger partial charge in [-0.1, -0.05) is 13.8 Å². The van der Waals surface area contributed by atoms with Crippen LogP contribution in [0.2, 0.25) is 0 Å². The Bertz CT molecular complexity index is 518. The van der Waals surface area contributed by atoms with Crippen LogP contribution in [-0.2, 0) is 0 Å². The second kappa shape index (κ2) is 7.55. The first-order valence-corrected chi connectivity index (χ1v) is 6.92. The van der Waals surface area contributed by atoms with Crippen molar-refractivity contribution in [1.29, 1.82) is 0 Å². The lowest BCUT2D eigenvalue weighted by atomic mass is 10.1. The van der Waals surface area contributed by atoms with Gasteiger partial charge in [0.2, 0.25) is 0 Å². The third-order valence-electron chi connectivity index (χ3n) is 2.85. The van der Waals surface area contributed by atoms with Crippen molar-refractivity contribution in [3.05, 3.63) is 48.3 Å². The van der Waals surface area contributed by atoms with E-state index in [2.05, 4.69) is 34.1 Å². The van der Waals surface area contributed by atoms with Gasteiger partial charge in [-0.05, 0) is 30.7 Å². The molecule has 0 bridgehead atoms. The second-order valence-corrected chi connectivity index (χ2v) is 4.43. The fourth-order valence-corrected chi connectivity index (χ4v) is 1.96. The first-order valence-electron chi connectivity index (χ1n) is 6.92. The number of rotatable bonds is 7. The summed E-state index contributed by atoms with van der Waals surface area (Å²) in [4.78, 5) is 12.5. The molecule has 0 spiro atoms. The maximum absolute atomic E-state index is 5.64. The topological polar surface area (TPSA) is 59.9 Å².